The third-order valence-corrected chi connectivity index (χ3v) is 2.90. The van der Waals surface area contributed by atoms with Crippen molar-refractivity contribution in [2.24, 2.45) is 0 Å². The number of nitrogens with one attached hydrogen (secondary N) is 2. The zero-order chi connectivity index (χ0) is 13.0. The van der Waals surface area contributed by atoms with Crippen molar-refractivity contribution in [3.8, 4) is 5.75 Å². The summed E-state index contributed by atoms with van der Waals surface area (Å²) in [7, 11) is 1.51. The highest BCUT2D eigenvalue weighted by atomic mass is 16.5. The van der Waals surface area contributed by atoms with E-state index in [1.165, 1.54) is 7.11 Å². The first-order chi connectivity index (χ1) is 8.70. The van der Waals surface area contributed by atoms with E-state index in [-0.39, 0.29) is 5.91 Å². The van der Waals surface area contributed by atoms with Gasteiger partial charge in [-0.2, -0.15) is 0 Å². The van der Waals surface area contributed by atoms with Crippen molar-refractivity contribution < 1.29 is 14.3 Å². The molecule has 1 aromatic rings. The SMILES string of the molecule is COC(C)C(=O)Nc1ccc2c(c1)CNCCO2. The summed E-state index contributed by atoms with van der Waals surface area (Å²) in [5.41, 5.74) is 1.81. The fraction of sp³-hybridized carbons (Fsp3) is 0.462. The molecule has 98 valence electrons. The fourth-order valence-corrected chi connectivity index (χ4v) is 1.74. The Bertz CT molecular complexity index is 434. The van der Waals surface area contributed by atoms with Crippen molar-refractivity contribution in [2.75, 3.05) is 25.6 Å². The normalized spacial score (nSPS) is 16.1. The van der Waals surface area contributed by atoms with Gasteiger partial charge in [-0.15, -0.1) is 0 Å². The Morgan fingerprint density at radius 2 is 2.39 bits per heavy atom. The Balaban J connectivity index is 2.11. The van der Waals surface area contributed by atoms with E-state index in [0.717, 1.165) is 30.1 Å². The lowest BCUT2D eigenvalue weighted by atomic mass is 10.1. The van der Waals surface area contributed by atoms with Crippen molar-refractivity contribution in [1.29, 1.82) is 0 Å². The van der Waals surface area contributed by atoms with Gasteiger partial charge in [0, 0.05) is 31.5 Å². The molecule has 5 nitrogen and oxygen atoms in total. The molecule has 1 heterocycles. The van der Waals surface area contributed by atoms with Crippen LogP contribution in [0.5, 0.6) is 5.75 Å². The van der Waals surface area contributed by atoms with E-state index < -0.39 is 6.10 Å². The molecular weight excluding hydrogens is 232 g/mol. The molecule has 0 aliphatic carbocycles. The molecule has 5 heteroatoms. The first-order valence-corrected chi connectivity index (χ1v) is 6.01. The third-order valence-electron chi connectivity index (χ3n) is 2.90. The zero-order valence-corrected chi connectivity index (χ0v) is 10.7. The number of methoxy groups -OCH3 is 1. The van der Waals surface area contributed by atoms with Crippen LogP contribution in [-0.4, -0.2) is 32.3 Å². The summed E-state index contributed by atoms with van der Waals surface area (Å²) in [6.07, 6.45) is -0.460. The molecule has 18 heavy (non-hydrogen) atoms. The highest BCUT2D eigenvalue weighted by Gasteiger charge is 2.13. The fourth-order valence-electron chi connectivity index (χ4n) is 1.74. The molecule has 1 unspecified atom stereocenters. The minimum absolute atomic E-state index is 0.153. The van der Waals surface area contributed by atoms with Crippen molar-refractivity contribution >= 4 is 11.6 Å². The lowest BCUT2D eigenvalue weighted by Crippen LogP contribution is -2.26. The van der Waals surface area contributed by atoms with E-state index in [0.29, 0.717) is 6.61 Å². The van der Waals surface area contributed by atoms with Crippen molar-refractivity contribution in [1.82, 2.24) is 5.32 Å². The molecule has 1 aliphatic heterocycles. The number of rotatable bonds is 3. The summed E-state index contributed by atoms with van der Waals surface area (Å²) in [6.45, 7) is 3.96. The second kappa shape index (κ2) is 5.84. The van der Waals surface area contributed by atoms with Gasteiger partial charge in [-0.25, -0.2) is 0 Å². The summed E-state index contributed by atoms with van der Waals surface area (Å²) in [5, 5.41) is 6.07. The average Bonchev–Trinajstić information content (AvgIpc) is 2.62. The smallest absolute Gasteiger partial charge is 0.253 e. The van der Waals surface area contributed by atoms with Crippen LogP contribution in [0.4, 0.5) is 5.69 Å². The van der Waals surface area contributed by atoms with Gasteiger partial charge in [0.25, 0.3) is 5.91 Å². The molecule has 1 aliphatic rings. The highest BCUT2D eigenvalue weighted by Crippen LogP contribution is 2.24. The van der Waals surface area contributed by atoms with Gasteiger partial charge < -0.3 is 20.1 Å². The lowest BCUT2D eigenvalue weighted by molar-refractivity contribution is -0.124. The second-order valence-electron chi connectivity index (χ2n) is 4.21. The first-order valence-electron chi connectivity index (χ1n) is 6.01. The molecule has 0 spiro atoms. The maximum atomic E-state index is 11.7. The molecule has 1 atom stereocenters. The zero-order valence-electron chi connectivity index (χ0n) is 10.7. The van der Waals surface area contributed by atoms with E-state index >= 15 is 0 Å². The average molecular weight is 250 g/mol. The predicted molar refractivity (Wildman–Crippen MR) is 68.7 cm³/mol. The van der Waals surface area contributed by atoms with Gasteiger partial charge in [0.2, 0.25) is 0 Å². The summed E-state index contributed by atoms with van der Waals surface area (Å²) in [4.78, 5) is 11.7. The van der Waals surface area contributed by atoms with Gasteiger partial charge in [-0.05, 0) is 25.1 Å². The van der Waals surface area contributed by atoms with Crippen LogP contribution in [0.1, 0.15) is 12.5 Å². The first kappa shape index (κ1) is 12.9. The minimum atomic E-state index is -0.460. The molecule has 0 saturated heterocycles. The maximum Gasteiger partial charge on any atom is 0.253 e. The van der Waals surface area contributed by atoms with Crippen LogP contribution in [0, 0.1) is 0 Å². The van der Waals surface area contributed by atoms with Crippen LogP contribution < -0.4 is 15.4 Å². The quantitative estimate of drug-likeness (QED) is 0.844. The van der Waals surface area contributed by atoms with E-state index in [1.807, 2.05) is 18.2 Å². The molecule has 1 aromatic carbocycles. The Kier molecular flexibility index (Phi) is 4.17. The molecule has 0 saturated carbocycles. The highest BCUT2D eigenvalue weighted by molar-refractivity contribution is 5.94. The summed E-state index contributed by atoms with van der Waals surface area (Å²) >= 11 is 0. The topological polar surface area (TPSA) is 59.6 Å². The van der Waals surface area contributed by atoms with Crippen LogP contribution in [0.3, 0.4) is 0 Å². The molecule has 0 bridgehead atoms. The summed E-state index contributed by atoms with van der Waals surface area (Å²) < 4.78 is 10.5. The number of ether oxygens (including phenoxy) is 2. The molecule has 0 radical (unpaired) electrons. The standard InChI is InChI=1S/C13H18N2O3/c1-9(17-2)13(16)15-11-3-4-12-10(7-11)8-14-5-6-18-12/h3-4,7,9,14H,5-6,8H2,1-2H3,(H,15,16). The van der Waals surface area contributed by atoms with Crippen LogP contribution in [0.2, 0.25) is 0 Å². The number of fused-ring (bicyclic) bond motifs is 1. The van der Waals surface area contributed by atoms with Gasteiger partial charge >= 0.3 is 0 Å². The molecule has 0 aromatic heterocycles. The Labute approximate surface area is 106 Å². The summed E-state index contributed by atoms with van der Waals surface area (Å²) in [6, 6.07) is 5.65. The number of benzene rings is 1. The maximum absolute atomic E-state index is 11.7. The lowest BCUT2D eigenvalue weighted by Gasteiger charge is -2.12. The van der Waals surface area contributed by atoms with Crippen molar-refractivity contribution in [3.63, 3.8) is 0 Å². The van der Waals surface area contributed by atoms with Gasteiger partial charge in [0.15, 0.2) is 0 Å². The molecular formula is C13H18N2O3. The van der Waals surface area contributed by atoms with E-state index in [4.69, 9.17) is 9.47 Å². The number of anilines is 1. The second-order valence-corrected chi connectivity index (χ2v) is 4.21. The largest absolute Gasteiger partial charge is 0.492 e. The van der Waals surface area contributed by atoms with Crippen LogP contribution >= 0.6 is 0 Å². The summed E-state index contributed by atoms with van der Waals surface area (Å²) in [5.74, 6) is 0.720. The van der Waals surface area contributed by atoms with E-state index in [1.54, 1.807) is 6.92 Å². The van der Waals surface area contributed by atoms with Crippen molar-refractivity contribution in [2.45, 2.75) is 19.6 Å². The number of hydrogen-bond acceptors (Lipinski definition) is 4. The van der Waals surface area contributed by atoms with Crippen LogP contribution in [0.25, 0.3) is 0 Å². The predicted octanol–water partition coefficient (Wildman–Crippen LogP) is 1.14. The molecule has 0 fully saturated rings. The Morgan fingerprint density at radius 3 is 3.17 bits per heavy atom. The van der Waals surface area contributed by atoms with E-state index in [2.05, 4.69) is 10.6 Å². The minimum Gasteiger partial charge on any atom is -0.492 e. The number of carbonyl (C=O) groups excluding carboxylic acids is 1. The van der Waals surface area contributed by atoms with Crippen LogP contribution in [-0.2, 0) is 16.1 Å². The third kappa shape index (κ3) is 3.00. The van der Waals surface area contributed by atoms with Gasteiger partial charge in [-0.1, -0.05) is 0 Å². The number of amides is 1. The van der Waals surface area contributed by atoms with Crippen molar-refractivity contribution in [3.05, 3.63) is 23.8 Å². The van der Waals surface area contributed by atoms with Gasteiger partial charge in [-0.3, -0.25) is 4.79 Å². The van der Waals surface area contributed by atoms with Gasteiger partial charge in [0.05, 0.1) is 0 Å². The molecule has 1 amide bonds. The number of carbonyl (C=O) groups is 1. The van der Waals surface area contributed by atoms with Crippen LogP contribution in [0.15, 0.2) is 18.2 Å². The Morgan fingerprint density at radius 1 is 1.56 bits per heavy atom. The molecule has 2 rings (SSSR count). The monoisotopic (exact) mass is 250 g/mol. The Hall–Kier alpha value is -1.59. The van der Waals surface area contributed by atoms with E-state index in [9.17, 15) is 4.79 Å². The van der Waals surface area contributed by atoms with Gasteiger partial charge in [0.1, 0.15) is 18.5 Å². The number of hydrogen-bond donors (Lipinski definition) is 2. The molecule has 2 N–H and O–H groups in total.